The van der Waals surface area contributed by atoms with E-state index in [1.54, 1.807) is 0 Å². The molecule has 0 fully saturated rings. The lowest BCUT2D eigenvalue weighted by molar-refractivity contribution is -0.151. The van der Waals surface area contributed by atoms with E-state index in [-0.39, 0.29) is 5.97 Å². The van der Waals surface area contributed by atoms with Crippen LogP contribution in [0.4, 0.5) is 0 Å². The lowest BCUT2D eigenvalue weighted by Crippen LogP contribution is -2.23. The van der Waals surface area contributed by atoms with E-state index >= 15 is 0 Å². The summed E-state index contributed by atoms with van der Waals surface area (Å²) in [6, 6.07) is 0. The number of ether oxygens (including phenoxy) is 1. The molecule has 0 N–H and O–H groups in total. The summed E-state index contributed by atoms with van der Waals surface area (Å²) in [5, 5.41) is 0. The summed E-state index contributed by atoms with van der Waals surface area (Å²) in [5.41, 5.74) is 0.702. The summed E-state index contributed by atoms with van der Waals surface area (Å²) < 4.78 is 5.20. The highest BCUT2D eigenvalue weighted by atomic mass is 16.5. The van der Waals surface area contributed by atoms with Crippen LogP contribution >= 0.6 is 0 Å². The molecule has 0 saturated heterocycles. The maximum Gasteiger partial charge on any atom is 0.311 e. The second-order valence-electron chi connectivity index (χ2n) is 5.02. The molecule has 16 heavy (non-hydrogen) atoms. The molecule has 0 aliphatic heterocycles. The Morgan fingerprint density at radius 1 is 1.25 bits per heavy atom. The highest BCUT2D eigenvalue weighted by molar-refractivity contribution is 5.75. The standard InChI is InChI=1S/C14H24O2/c1-6-7-8-9-10-12(2)11-16-13(15)14(3,4)5/h6-7,10H,8-9,11H2,1-5H3. The fraction of sp³-hybridized carbons (Fsp3) is 0.643. The van der Waals surface area contributed by atoms with E-state index in [9.17, 15) is 4.79 Å². The monoisotopic (exact) mass is 224 g/mol. The minimum Gasteiger partial charge on any atom is -0.461 e. The van der Waals surface area contributed by atoms with Gasteiger partial charge in [0.05, 0.1) is 5.41 Å². The van der Waals surface area contributed by atoms with Crippen LogP contribution in [-0.2, 0) is 9.53 Å². The third kappa shape index (κ3) is 7.27. The number of hydrogen-bond acceptors (Lipinski definition) is 2. The molecule has 0 spiro atoms. The van der Waals surface area contributed by atoms with E-state index < -0.39 is 5.41 Å². The van der Waals surface area contributed by atoms with Crippen molar-refractivity contribution in [1.29, 1.82) is 0 Å². The molecule has 0 aromatic rings. The summed E-state index contributed by atoms with van der Waals surface area (Å²) >= 11 is 0. The van der Waals surface area contributed by atoms with Gasteiger partial charge in [0.25, 0.3) is 0 Å². The molecule has 2 nitrogen and oxygen atoms in total. The van der Waals surface area contributed by atoms with Gasteiger partial charge in [0.15, 0.2) is 0 Å². The van der Waals surface area contributed by atoms with Crippen LogP contribution in [0.3, 0.4) is 0 Å². The molecule has 2 heteroatoms. The lowest BCUT2D eigenvalue weighted by atomic mass is 9.97. The highest BCUT2D eigenvalue weighted by Gasteiger charge is 2.22. The van der Waals surface area contributed by atoms with Crippen molar-refractivity contribution in [3.63, 3.8) is 0 Å². The first kappa shape index (κ1) is 14.9. The first-order valence-corrected chi connectivity index (χ1v) is 5.82. The number of carbonyl (C=O) groups is 1. The van der Waals surface area contributed by atoms with Crippen LogP contribution in [0, 0.1) is 5.41 Å². The van der Waals surface area contributed by atoms with Gasteiger partial charge in [-0.15, -0.1) is 0 Å². The van der Waals surface area contributed by atoms with E-state index in [1.165, 1.54) is 0 Å². The lowest BCUT2D eigenvalue weighted by Gasteiger charge is -2.16. The molecule has 0 heterocycles. The molecule has 0 bridgehead atoms. The predicted octanol–water partition coefficient (Wildman–Crippen LogP) is 3.88. The van der Waals surface area contributed by atoms with E-state index in [0.29, 0.717) is 6.61 Å². The third-order valence-electron chi connectivity index (χ3n) is 2.11. The second-order valence-corrected chi connectivity index (χ2v) is 5.02. The highest BCUT2D eigenvalue weighted by Crippen LogP contribution is 2.15. The average molecular weight is 224 g/mol. The minimum atomic E-state index is -0.411. The number of unbranched alkanes of at least 4 members (excludes halogenated alkanes) is 1. The van der Waals surface area contributed by atoms with E-state index in [4.69, 9.17) is 4.74 Å². The van der Waals surface area contributed by atoms with Gasteiger partial charge in [0.2, 0.25) is 0 Å². The van der Waals surface area contributed by atoms with Crippen LogP contribution in [-0.4, -0.2) is 12.6 Å². The predicted molar refractivity (Wildman–Crippen MR) is 68.2 cm³/mol. The van der Waals surface area contributed by atoms with E-state index in [2.05, 4.69) is 12.2 Å². The minimum absolute atomic E-state index is 0.145. The maximum atomic E-state index is 11.5. The quantitative estimate of drug-likeness (QED) is 0.402. The molecule has 0 amide bonds. The molecule has 0 unspecified atom stereocenters. The van der Waals surface area contributed by atoms with Gasteiger partial charge in [0.1, 0.15) is 6.61 Å². The summed E-state index contributed by atoms with van der Waals surface area (Å²) in [6.07, 6.45) is 8.34. The van der Waals surface area contributed by atoms with Gasteiger partial charge in [0, 0.05) is 0 Å². The van der Waals surface area contributed by atoms with Gasteiger partial charge in [-0.2, -0.15) is 0 Å². The summed E-state index contributed by atoms with van der Waals surface area (Å²) in [7, 11) is 0. The van der Waals surface area contributed by atoms with Crippen molar-refractivity contribution in [3.8, 4) is 0 Å². The fourth-order valence-electron chi connectivity index (χ4n) is 1.05. The molecule has 0 radical (unpaired) electrons. The largest absolute Gasteiger partial charge is 0.461 e. The summed E-state index contributed by atoms with van der Waals surface area (Å²) in [6.45, 7) is 10.0. The third-order valence-corrected chi connectivity index (χ3v) is 2.11. The van der Waals surface area contributed by atoms with Crippen molar-refractivity contribution in [3.05, 3.63) is 23.8 Å². The molecule has 0 aliphatic rings. The van der Waals surface area contributed by atoms with Crippen molar-refractivity contribution in [2.75, 3.05) is 6.61 Å². The Morgan fingerprint density at radius 2 is 1.88 bits per heavy atom. The second kappa shape index (κ2) is 7.26. The Hall–Kier alpha value is -1.05. The molecule has 0 aromatic carbocycles. The Kier molecular flexibility index (Phi) is 6.78. The molecule has 0 saturated carbocycles. The van der Waals surface area contributed by atoms with Crippen LogP contribution in [0.2, 0.25) is 0 Å². The van der Waals surface area contributed by atoms with Gasteiger partial charge in [-0.1, -0.05) is 18.2 Å². The molecule has 0 atom stereocenters. The Balaban J connectivity index is 3.89. The number of allylic oxidation sites excluding steroid dienone is 3. The molecular formula is C14H24O2. The topological polar surface area (TPSA) is 26.3 Å². The zero-order chi connectivity index (χ0) is 12.6. The number of esters is 1. The van der Waals surface area contributed by atoms with E-state index in [1.807, 2.05) is 40.7 Å². The van der Waals surface area contributed by atoms with Crippen molar-refractivity contribution in [2.45, 2.75) is 47.5 Å². The van der Waals surface area contributed by atoms with Crippen molar-refractivity contribution in [2.24, 2.45) is 5.41 Å². The zero-order valence-corrected chi connectivity index (χ0v) is 11.2. The van der Waals surface area contributed by atoms with Crippen LogP contribution in [0.25, 0.3) is 0 Å². The fourth-order valence-corrected chi connectivity index (χ4v) is 1.05. The Bertz CT molecular complexity index is 267. The number of rotatable bonds is 5. The maximum absolute atomic E-state index is 11.5. The van der Waals surface area contributed by atoms with Gasteiger partial charge in [-0.3, -0.25) is 4.79 Å². The van der Waals surface area contributed by atoms with Crippen LogP contribution in [0.5, 0.6) is 0 Å². The molecule has 0 aliphatic carbocycles. The van der Waals surface area contributed by atoms with Crippen LogP contribution < -0.4 is 0 Å². The number of hydrogen-bond donors (Lipinski definition) is 0. The average Bonchev–Trinajstić information content (AvgIpc) is 2.19. The van der Waals surface area contributed by atoms with Crippen molar-refractivity contribution in [1.82, 2.24) is 0 Å². The SMILES string of the molecule is CC=CCCC=C(C)COC(=O)C(C)(C)C. The van der Waals surface area contributed by atoms with Crippen LogP contribution in [0.1, 0.15) is 47.5 Å². The van der Waals surface area contributed by atoms with Gasteiger partial charge in [-0.05, 0) is 53.0 Å². The first-order valence-electron chi connectivity index (χ1n) is 5.82. The zero-order valence-electron chi connectivity index (χ0n) is 11.2. The number of carbonyl (C=O) groups excluding carboxylic acids is 1. The molecule has 0 aromatic heterocycles. The van der Waals surface area contributed by atoms with Crippen LogP contribution in [0.15, 0.2) is 23.8 Å². The van der Waals surface area contributed by atoms with Gasteiger partial charge >= 0.3 is 5.97 Å². The van der Waals surface area contributed by atoms with E-state index in [0.717, 1.165) is 18.4 Å². The normalized spacial score (nSPS) is 13.2. The van der Waals surface area contributed by atoms with Crippen molar-refractivity contribution >= 4 is 5.97 Å². The molecular weight excluding hydrogens is 200 g/mol. The smallest absolute Gasteiger partial charge is 0.311 e. The molecule has 92 valence electrons. The molecule has 0 rings (SSSR count). The first-order chi connectivity index (χ1) is 7.38. The van der Waals surface area contributed by atoms with Gasteiger partial charge in [-0.25, -0.2) is 0 Å². The summed E-state index contributed by atoms with van der Waals surface area (Å²) in [5.74, 6) is -0.145. The van der Waals surface area contributed by atoms with Gasteiger partial charge < -0.3 is 4.74 Å². The Morgan fingerprint density at radius 3 is 2.38 bits per heavy atom. The van der Waals surface area contributed by atoms with Crippen molar-refractivity contribution < 1.29 is 9.53 Å². The summed E-state index contributed by atoms with van der Waals surface area (Å²) in [4.78, 5) is 11.5. The Labute approximate surface area is 99.4 Å².